The first kappa shape index (κ1) is 11.6. The number of nitrogens with one attached hydrogen (secondary N) is 1. The molecule has 1 aromatic heterocycles. The first-order chi connectivity index (χ1) is 8.50. The lowest BCUT2D eigenvalue weighted by molar-refractivity contribution is 0.615. The van der Waals surface area contributed by atoms with Gasteiger partial charge in [-0.15, -0.1) is 0 Å². The number of anilines is 1. The molecule has 0 amide bonds. The zero-order valence-corrected chi connectivity index (χ0v) is 11.3. The second-order valence-corrected chi connectivity index (χ2v) is 6.03. The standard InChI is InChI=1S/C14H16ClN3/c1-14(2)7-9(14)12-11(13(16)18-17-12)8-5-3-4-6-10(8)15/h3-6,9H,7H2,1-2H3,(H3,16,17,18). The number of nitrogens with zero attached hydrogens (tertiary/aromatic N) is 1. The van der Waals surface area contributed by atoms with Gasteiger partial charge in [-0.3, -0.25) is 5.10 Å². The molecule has 18 heavy (non-hydrogen) atoms. The first-order valence-electron chi connectivity index (χ1n) is 6.09. The van der Waals surface area contributed by atoms with E-state index in [1.54, 1.807) is 0 Å². The monoisotopic (exact) mass is 261 g/mol. The number of benzene rings is 1. The third kappa shape index (κ3) is 1.70. The fourth-order valence-corrected chi connectivity index (χ4v) is 2.76. The van der Waals surface area contributed by atoms with Crippen molar-refractivity contribution in [3.8, 4) is 11.1 Å². The van der Waals surface area contributed by atoms with E-state index in [4.69, 9.17) is 17.3 Å². The number of rotatable bonds is 2. The Labute approximate surface area is 111 Å². The van der Waals surface area contributed by atoms with Gasteiger partial charge in [-0.25, -0.2) is 0 Å². The molecule has 1 aromatic carbocycles. The van der Waals surface area contributed by atoms with Crippen molar-refractivity contribution >= 4 is 17.4 Å². The Morgan fingerprint density at radius 2 is 2.06 bits per heavy atom. The number of aromatic nitrogens is 2. The molecule has 0 radical (unpaired) electrons. The number of aromatic amines is 1. The maximum atomic E-state index is 6.26. The van der Waals surface area contributed by atoms with Gasteiger partial charge in [-0.2, -0.15) is 5.10 Å². The van der Waals surface area contributed by atoms with Crippen LogP contribution in [0.3, 0.4) is 0 Å². The van der Waals surface area contributed by atoms with Crippen LogP contribution in [0.2, 0.25) is 5.02 Å². The largest absolute Gasteiger partial charge is 0.382 e. The lowest BCUT2D eigenvalue weighted by Gasteiger charge is -2.07. The molecule has 4 heteroatoms. The molecular formula is C14H16ClN3. The topological polar surface area (TPSA) is 54.7 Å². The highest BCUT2D eigenvalue weighted by Gasteiger charge is 2.49. The van der Waals surface area contributed by atoms with Crippen LogP contribution in [0.25, 0.3) is 11.1 Å². The van der Waals surface area contributed by atoms with E-state index < -0.39 is 0 Å². The Bertz CT molecular complexity index is 601. The molecule has 1 aliphatic carbocycles. The minimum atomic E-state index is 0.328. The van der Waals surface area contributed by atoms with E-state index in [1.807, 2.05) is 24.3 Å². The van der Waals surface area contributed by atoms with E-state index in [2.05, 4.69) is 24.0 Å². The van der Waals surface area contributed by atoms with Crippen molar-refractivity contribution in [1.82, 2.24) is 10.2 Å². The van der Waals surface area contributed by atoms with Gasteiger partial charge in [0.15, 0.2) is 5.82 Å². The van der Waals surface area contributed by atoms with Crippen LogP contribution in [-0.2, 0) is 0 Å². The molecule has 1 unspecified atom stereocenters. The van der Waals surface area contributed by atoms with Gasteiger partial charge in [-0.1, -0.05) is 43.6 Å². The second kappa shape index (κ2) is 3.75. The second-order valence-electron chi connectivity index (χ2n) is 5.62. The van der Waals surface area contributed by atoms with E-state index in [0.29, 0.717) is 22.2 Å². The summed E-state index contributed by atoms with van der Waals surface area (Å²) in [4.78, 5) is 0. The zero-order valence-electron chi connectivity index (χ0n) is 10.5. The SMILES string of the molecule is CC1(C)CC1c1[nH]nc(N)c1-c1ccccc1Cl. The molecule has 0 aliphatic heterocycles. The van der Waals surface area contributed by atoms with Crippen LogP contribution >= 0.6 is 11.6 Å². The smallest absolute Gasteiger partial charge is 0.153 e. The lowest BCUT2D eigenvalue weighted by atomic mass is 9.99. The summed E-state index contributed by atoms with van der Waals surface area (Å²) in [6.45, 7) is 4.51. The molecule has 2 aromatic rings. The fraction of sp³-hybridized carbons (Fsp3) is 0.357. The van der Waals surface area contributed by atoms with Gasteiger partial charge in [0, 0.05) is 27.8 Å². The number of hydrogen-bond acceptors (Lipinski definition) is 2. The van der Waals surface area contributed by atoms with Crippen LogP contribution < -0.4 is 5.73 Å². The summed E-state index contributed by atoms with van der Waals surface area (Å²) in [6.07, 6.45) is 1.16. The highest BCUT2D eigenvalue weighted by atomic mass is 35.5. The number of halogens is 1. The van der Waals surface area contributed by atoms with E-state index >= 15 is 0 Å². The molecule has 1 saturated carbocycles. The molecule has 1 atom stereocenters. The number of hydrogen-bond donors (Lipinski definition) is 2. The van der Waals surface area contributed by atoms with Crippen molar-refractivity contribution in [2.24, 2.45) is 5.41 Å². The van der Waals surface area contributed by atoms with Crippen molar-refractivity contribution < 1.29 is 0 Å². The van der Waals surface area contributed by atoms with Gasteiger partial charge in [0.2, 0.25) is 0 Å². The minimum Gasteiger partial charge on any atom is -0.382 e. The van der Waals surface area contributed by atoms with Gasteiger partial charge in [0.1, 0.15) is 0 Å². The Kier molecular flexibility index (Phi) is 2.42. The van der Waals surface area contributed by atoms with E-state index in [-0.39, 0.29) is 0 Å². The molecule has 1 heterocycles. The summed E-state index contributed by atoms with van der Waals surface area (Å²) in [5.41, 5.74) is 9.37. The van der Waals surface area contributed by atoms with Crippen LogP contribution in [0.5, 0.6) is 0 Å². The molecule has 3 nitrogen and oxygen atoms in total. The summed E-state index contributed by atoms with van der Waals surface area (Å²) in [5, 5.41) is 7.95. The van der Waals surface area contributed by atoms with Crippen LogP contribution in [0.4, 0.5) is 5.82 Å². The molecule has 1 aliphatic rings. The highest BCUT2D eigenvalue weighted by molar-refractivity contribution is 6.33. The molecule has 94 valence electrons. The van der Waals surface area contributed by atoms with Gasteiger partial charge < -0.3 is 5.73 Å². The van der Waals surface area contributed by atoms with Crippen molar-refractivity contribution in [2.45, 2.75) is 26.2 Å². The Hall–Kier alpha value is -1.48. The van der Waals surface area contributed by atoms with Crippen molar-refractivity contribution in [3.63, 3.8) is 0 Å². The quantitative estimate of drug-likeness (QED) is 0.863. The maximum Gasteiger partial charge on any atom is 0.153 e. The normalized spacial score (nSPS) is 20.9. The maximum absolute atomic E-state index is 6.26. The van der Waals surface area contributed by atoms with Gasteiger partial charge in [0.25, 0.3) is 0 Å². The Balaban J connectivity index is 2.13. The Morgan fingerprint density at radius 1 is 1.39 bits per heavy atom. The fourth-order valence-electron chi connectivity index (χ4n) is 2.53. The summed E-state index contributed by atoms with van der Waals surface area (Å²) < 4.78 is 0. The third-order valence-corrected chi connectivity index (χ3v) is 4.16. The molecular weight excluding hydrogens is 246 g/mol. The van der Waals surface area contributed by atoms with Crippen LogP contribution in [0.1, 0.15) is 31.9 Å². The van der Waals surface area contributed by atoms with E-state index in [9.17, 15) is 0 Å². The molecule has 0 saturated heterocycles. The third-order valence-electron chi connectivity index (χ3n) is 3.83. The molecule has 1 fully saturated rings. The Morgan fingerprint density at radius 3 is 2.67 bits per heavy atom. The first-order valence-corrected chi connectivity index (χ1v) is 6.47. The van der Waals surface area contributed by atoms with Crippen LogP contribution in [0, 0.1) is 5.41 Å². The predicted molar refractivity (Wildman–Crippen MR) is 74.6 cm³/mol. The van der Waals surface area contributed by atoms with Crippen LogP contribution in [-0.4, -0.2) is 10.2 Å². The summed E-state index contributed by atoms with van der Waals surface area (Å²) in [6, 6.07) is 7.76. The average molecular weight is 262 g/mol. The molecule has 3 rings (SSSR count). The van der Waals surface area contributed by atoms with E-state index in [0.717, 1.165) is 23.2 Å². The average Bonchev–Trinajstić information content (AvgIpc) is 2.78. The van der Waals surface area contributed by atoms with Crippen molar-refractivity contribution in [2.75, 3.05) is 5.73 Å². The van der Waals surface area contributed by atoms with E-state index in [1.165, 1.54) is 0 Å². The number of nitrogen functional groups attached to an aromatic ring is 1. The number of nitrogens with two attached hydrogens (primary N) is 1. The zero-order chi connectivity index (χ0) is 12.9. The van der Waals surface area contributed by atoms with Gasteiger partial charge >= 0.3 is 0 Å². The number of H-pyrrole nitrogens is 1. The van der Waals surface area contributed by atoms with Crippen LogP contribution in [0.15, 0.2) is 24.3 Å². The molecule has 0 bridgehead atoms. The molecule has 0 spiro atoms. The summed E-state index contributed by atoms with van der Waals surface area (Å²) >= 11 is 6.26. The summed E-state index contributed by atoms with van der Waals surface area (Å²) in [5.74, 6) is 1.02. The van der Waals surface area contributed by atoms with Gasteiger partial charge in [-0.05, 0) is 17.9 Å². The van der Waals surface area contributed by atoms with Crippen molar-refractivity contribution in [1.29, 1.82) is 0 Å². The predicted octanol–water partition coefficient (Wildman–Crippen LogP) is 3.83. The van der Waals surface area contributed by atoms with Crippen molar-refractivity contribution in [3.05, 3.63) is 35.0 Å². The highest BCUT2D eigenvalue weighted by Crippen LogP contribution is 2.60. The van der Waals surface area contributed by atoms with Gasteiger partial charge in [0.05, 0.1) is 0 Å². The lowest BCUT2D eigenvalue weighted by Crippen LogP contribution is -1.94. The minimum absolute atomic E-state index is 0.328. The summed E-state index contributed by atoms with van der Waals surface area (Å²) in [7, 11) is 0. The molecule has 3 N–H and O–H groups in total.